The zero-order valence-electron chi connectivity index (χ0n) is 10.7. The van der Waals surface area contributed by atoms with Crippen LogP contribution in [-0.2, 0) is 6.54 Å². The van der Waals surface area contributed by atoms with Gasteiger partial charge in [-0.1, -0.05) is 29.0 Å². The number of anilines is 1. The van der Waals surface area contributed by atoms with Gasteiger partial charge in [0.05, 0.1) is 16.4 Å². The van der Waals surface area contributed by atoms with Crippen LogP contribution in [0.1, 0.15) is 22.6 Å². The Kier molecular flexibility index (Phi) is 4.07. The summed E-state index contributed by atoms with van der Waals surface area (Å²) in [5.41, 5.74) is 9.04. The fraction of sp³-hybridized carbons (Fsp3) is 0.231. The lowest BCUT2D eigenvalue weighted by molar-refractivity contribution is 0.392. The van der Waals surface area contributed by atoms with Crippen molar-refractivity contribution in [3.63, 3.8) is 0 Å². The first-order valence-corrected chi connectivity index (χ1v) is 6.52. The van der Waals surface area contributed by atoms with Crippen LogP contribution >= 0.6 is 23.8 Å². The van der Waals surface area contributed by atoms with Crippen LogP contribution in [0.3, 0.4) is 0 Å². The topological polar surface area (TPSA) is 64.1 Å². The molecule has 1 heterocycles. The number of benzene rings is 1. The fourth-order valence-corrected chi connectivity index (χ4v) is 2.12. The summed E-state index contributed by atoms with van der Waals surface area (Å²) in [6.07, 6.45) is 0. The lowest BCUT2D eigenvalue weighted by Gasteiger charge is -2.09. The Labute approximate surface area is 121 Å². The maximum Gasteiger partial charge on any atom is 0.138 e. The predicted molar refractivity (Wildman–Crippen MR) is 80.6 cm³/mol. The highest BCUT2D eigenvalue weighted by Crippen LogP contribution is 2.24. The lowest BCUT2D eigenvalue weighted by Crippen LogP contribution is -2.09. The molecule has 100 valence electrons. The van der Waals surface area contributed by atoms with E-state index in [9.17, 15) is 0 Å². The molecule has 1 aromatic heterocycles. The van der Waals surface area contributed by atoms with Crippen molar-refractivity contribution >= 4 is 34.5 Å². The van der Waals surface area contributed by atoms with Gasteiger partial charge in [0.2, 0.25) is 0 Å². The maximum absolute atomic E-state index is 6.18. The van der Waals surface area contributed by atoms with Crippen molar-refractivity contribution in [2.45, 2.75) is 20.4 Å². The fourth-order valence-electron chi connectivity index (χ4n) is 1.75. The molecule has 0 aliphatic heterocycles. The molecule has 0 aliphatic rings. The van der Waals surface area contributed by atoms with E-state index in [0.29, 0.717) is 16.6 Å². The van der Waals surface area contributed by atoms with Gasteiger partial charge in [-0.2, -0.15) is 0 Å². The van der Waals surface area contributed by atoms with E-state index in [1.807, 2.05) is 26.0 Å². The normalized spacial score (nSPS) is 10.5. The molecular weight excluding hydrogens is 282 g/mol. The minimum absolute atomic E-state index is 0.333. The first-order chi connectivity index (χ1) is 8.99. The van der Waals surface area contributed by atoms with Gasteiger partial charge < -0.3 is 15.6 Å². The van der Waals surface area contributed by atoms with Crippen molar-refractivity contribution in [2.75, 3.05) is 5.32 Å². The number of hydrogen-bond donors (Lipinski definition) is 2. The zero-order chi connectivity index (χ0) is 14.0. The Morgan fingerprint density at radius 1 is 1.47 bits per heavy atom. The number of nitrogens with two attached hydrogens (primary N) is 1. The molecular formula is C13H14ClN3OS. The Balaban J connectivity index is 2.14. The molecule has 3 N–H and O–H groups in total. The van der Waals surface area contributed by atoms with Crippen LogP contribution in [0.4, 0.5) is 5.69 Å². The third kappa shape index (κ3) is 3.05. The summed E-state index contributed by atoms with van der Waals surface area (Å²) in [6.45, 7) is 4.40. The summed E-state index contributed by atoms with van der Waals surface area (Å²) in [6, 6.07) is 5.44. The van der Waals surface area contributed by atoms with Crippen molar-refractivity contribution in [1.82, 2.24) is 5.16 Å². The Hall–Kier alpha value is -1.59. The van der Waals surface area contributed by atoms with Crippen LogP contribution in [0.2, 0.25) is 5.02 Å². The molecule has 0 bridgehead atoms. The lowest BCUT2D eigenvalue weighted by atomic mass is 10.2. The van der Waals surface area contributed by atoms with Crippen molar-refractivity contribution in [1.29, 1.82) is 0 Å². The summed E-state index contributed by atoms with van der Waals surface area (Å²) in [4.78, 5) is 0.333. The Morgan fingerprint density at radius 3 is 2.74 bits per heavy atom. The highest BCUT2D eigenvalue weighted by molar-refractivity contribution is 7.80. The summed E-state index contributed by atoms with van der Waals surface area (Å²) < 4.78 is 5.11. The minimum Gasteiger partial charge on any atom is -0.389 e. The molecule has 0 spiro atoms. The van der Waals surface area contributed by atoms with E-state index in [1.165, 1.54) is 0 Å². The summed E-state index contributed by atoms with van der Waals surface area (Å²) in [5, 5.41) is 7.73. The van der Waals surface area contributed by atoms with Crippen LogP contribution < -0.4 is 11.1 Å². The van der Waals surface area contributed by atoms with Gasteiger partial charge in [-0.25, -0.2) is 0 Å². The van der Waals surface area contributed by atoms with Crippen molar-refractivity contribution in [3.05, 3.63) is 45.8 Å². The third-order valence-electron chi connectivity index (χ3n) is 2.89. The molecule has 6 heteroatoms. The summed E-state index contributed by atoms with van der Waals surface area (Å²) in [5.74, 6) is 0.806. The standard InChI is InChI=1S/C13H14ClN3OS/c1-7-10(8(2)18-17-7)6-16-12-4-3-9(13(15)19)5-11(12)14/h3-5,16H,6H2,1-2H3,(H2,15,19). The second kappa shape index (κ2) is 5.59. The van der Waals surface area contributed by atoms with E-state index in [-0.39, 0.29) is 0 Å². The molecule has 1 aromatic carbocycles. The maximum atomic E-state index is 6.18. The zero-order valence-corrected chi connectivity index (χ0v) is 12.2. The second-order valence-corrected chi connectivity index (χ2v) is 5.06. The molecule has 0 unspecified atom stereocenters. The summed E-state index contributed by atoms with van der Waals surface area (Å²) in [7, 11) is 0. The SMILES string of the molecule is Cc1noc(C)c1CNc1ccc(C(N)=S)cc1Cl. The van der Waals surface area contributed by atoms with Crippen molar-refractivity contribution in [2.24, 2.45) is 5.73 Å². The van der Waals surface area contributed by atoms with E-state index in [1.54, 1.807) is 6.07 Å². The quantitative estimate of drug-likeness (QED) is 0.848. The minimum atomic E-state index is 0.333. The molecule has 2 rings (SSSR count). The molecule has 0 amide bonds. The number of aryl methyl sites for hydroxylation is 2. The molecule has 4 nitrogen and oxygen atoms in total. The Morgan fingerprint density at radius 2 is 2.21 bits per heavy atom. The van der Waals surface area contributed by atoms with Crippen molar-refractivity contribution in [3.8, 4) is 0 Å². The predicted octanol–water partition coefficient (Wildman–Crippen LogP) is 3.19. The monoisotopic (exact) mass is 295 g/mol. The average molecular weight is 296 g/mol. The van der Waals surface area contributed by atoms with E-state index in [4.69, 9.17) is 34.1 Å². The van der Waals surface area contributed by atoms with E-state index in [2.05, 4.69) is 10.5 Å². The molecule has 2 aromatic rings. The van der Waals surface area contributed by atoms with Crippen LogP contribution in [0.5, 0.6) is 0 Å². The third-order valence-corrected chi connectivity index (χ3v) is 3.44. The Bertz CT molecular complexity index is 605. The highest BCUT2D eigenvalue weighted by Gasteiger charge is 2.09. The van der Waals surface area contributed by atoms with E-state index >= 15 is 0 Å². The molecule has 0 fully saturated rings. The van der Waals surface area contributed by atoms with Crippen LogP contribution in [0, 0.1) is 13.8 Å². The van der Waals surface area contributed by atoms with Gasteiger partial charge in [-0.15, -0.1) is 0 Å². The number of halogens is 1. The molecule has 0 atom stereocenters. The highest BCUT2D eigenvalue weighted by atomic mass is 35.5. The molecule has 0 saturated carbocycles. The first-order valence-electron chi connectivity index (χ1n) is 5.74. The number of rotatable bonds is 4. The summed E-state index contributed by atoms with van der Waals surface area (Å²) >= 11 is 11.1. The van der Waals surface area contributed by atoms with Gasteiger partial charge >= 0.3 is 0 Å². The van der Waals surface area contributed by atoms with Gasteiger partial charge in [0.25, 0.3) is 0 Å². The number of nitrogens with one attached hydrogen (secondary N) is 1. The van der Waals surface area contributed by atoms with Gasteiger partial charge in [-0.05, 0) is 32.0 Å². The van der Waals surface area contributed by atoms with Gasteiger partial charge in [0, 0.05) is 17.7 Å². The first kappa shape index (κ1) is 13.8. The molecule has 0 radical (unpaired) electrons. The van der Waals surface area contributed by atoms with E-state index < -0.39 is 0 Å². The van der Waals surface area contributed by atoms with Crippen LogP contribution in [0.25, 0.3) is 0 Å². The number of thiocarbonyl (C=S) groups is 1. The van der Waals surface area contributed by atoms with Crippen molar-refractivity contribution < 1.29 is 4.52 Å². The molecule has 19 heavy (non-hydrogen) atoms. The molecule has 0 aliphatic carbocycles. The van der Waals surface area contributed by atoms with Crippen LogP contribution in [0.15, 0.2) is 22.7 Å². The number of nitrogens with zero attached hydrogens (tertiary/aromatic N) is 1. The van der Waals surface area contributed by atoms with E-state index in [0.717, 1.165) is 28.3 Å². The van der Waals surface area contributed by atoms with Gasteiger partial charge in [0.1, 0.15) is 10.7 Å². The van der Waals surface area contributed by atoms with Gasteiger partial charge in [0.15, 0.2) is 0 Å². The van der Waals surface area contributed by atoms with Crippen LogP contribution in [-0.4, -0.2) is 10.1 Å². The largest absolute Gasteiger partial charge is 0.389 e. The van der Waals surface area contributed by atoms with Gasteiger partial charge in [-0.3, -0.25) is 0 Å². The average Bonchev–Trinajstić information content (AvgIpc) is 2.68. The smallest absolute Gasteiger partial charge is 0.138 e. The molecule has 0 saturated heterocycles. The second-order valence-electron chi connectivity index (χ2n) is 4.22. The number of aromatic nitrogens is 1. The number of hydrogen-bond acceptors (Lipinski definition) is 4.